The summed E-state index contributed by atoms with van der Waals surface area (Å²) in [5.41, 5.74) is 2.47. The fourth-order valence-corrected chi connectivity index (χ4v) is 2.62. The normalized spacial score (nSPS) is 10.8. The van der Waals surface area contributed by atoms with E-state index in [2.05, 4.69) is 57.1 Å². The van der Waals surface area contributed by atoms with Gasteiger partial charge >= 0.3 is 0 Å². The summed E-state index contributed by atoms with van der Waals surface area (Å²) in [6.07, 6.45) is 3.27. The lowest BCUT2D eigenvalue weighted by Gasteiger charge is -2.13. The van der Waals surface area contributed by atoms with Gasteiger partial charge in [0.25, 0.3) is 0 Å². The van der Waals surface area contributed by atoms with E-state index >= 15 is 0 Å². The molecule has 20 heavy (non-hydrogen) atoms. The topological polar surface area (TPSA) is 26.2 Å². The first-order chi connectivity index (χ1) is 9.74. The van der Waals surface area contributed by atoms with Crippen molar-refractivity contribution in [3.63, 3.8) is 0 Å². The summed E-state index contributed by atoms with van der Waals surface area (Å²) in [4.78, 5) is 0. The minimum atomic E-state index is 0.818. The van der Waals surface area contributed by atoms with Crippen molar-refractivity contribution in [2.45, 2.75) is 26.4 Å². The number of aromatic nitrogens is 1. The quantitative estimate of drug-likeness (QED) is 0.778. The van der Waals surface area contributed by atoms with Gasteiger partial charge in [0.2, 0.25) is 0 Å². The second-order valence-electron chi connectivity index (χ2n) is 4.76. The van der Waals surface area contributed by atoms with Crippen LogP contribution in [0.3, 0.4) is 0 Å². The summed E-state index contributed by atoms with van der Waals surface area (Å²) in [6.45, 7) is 4.94. The molecule has 3 nitrogen and oxygen atoms in total. The highest BCUT2D eigenvalue weighted by Crippen LogP contribution is 2.24. The van der Waals surface area contributed by atoms with E-state index in [-0.39, 0.29) is 0 Å². The first-order valence-corrected chi connectivity index (χ1v) is 7.71. The van der Waals surface area contributed by atoms with Gasteiger partial charge < -0.3 is 14.6 Å². The number of halogens is 1. The van der Waals surface area contributed by atoms with Crippen LogP contribution in [-0.4, -0.2) is 18.2 Å². The smallest absolute Gasteiger partial charge is 0.123 e. The minimum absolute atomic E-state index is 0.818. The molecule has 108 valence electrons. The molecule has 0 bridgehead atoms. The zero-order chi connectivity index (χ0) is 14.4. The van der Waals surface area contributed by atoms with Crippen LogP contribution in [0.25, 0.3) is 0 Å². The highest BCUT2D eigenvalue weighted by molar-refractivity contribution is 9.10. The average Bonchev–Trinajstić information content (AvgIpc) is 2.87. The highest BCUT2D eigenvalue weighted by atomic mass is 79.9. The number of nitrogens with one attached hydrogen (secondary N) is 1. The summed E-state index contributed by atoms with van der Waals surface area (Å²) in [5, 5.41) is 3.44. The van der Waals surface area contributed by atoms with Crippen LogP contribution < -0.4 is 10.1 Å². The molecule has 0 saturated heterocycles. The number of nitrogens with zero attached hydrogens (tertiary/aromatic N) is 1. The molecule has 1 heterocycles. The zero-order valence-corrected chi connectivity index (χ0v) is 13.6. The molecule has 1 aromatic carbocycles. The number of ether oxygens (including phenoxy) is 1. The van der Waals surface area contributed by atoms with Crippen molar-refractivity contribution >= 4 is 15.9 Å². The Hall–Kier alpha value is -1.26. The molecule has 0 saturated carbocycles. The lowest BCUT2D eigenvalue weighted by atomic mass is 10.2. The van der Waals surface area contributed by atoms with Crippen LogP contribution in [0, 0.1) is 0 Å². The predicted octanol–water partition coefficient (Wildman–Crippen LogP) is 3.81. The Bertz CT molecular complexity index is 551. The summed E-state index contributed by atoms with van der Waals surface area (Å²) >= 11 is 3.52. The largest absolute Gasteiger partial charge is 0.496 e. The van der Waals surface area contributed by atoms with Crippen LogP contribution in [0.15, 0.2) is 41.0 Å². The Kier molecular flexibility index (Phi) is 5.68. The molecule has 0 spiro atoms. The van der Waals surface area contributed by atoms with Gasteiger partial charge in [-0.3, -0.25) is 0 Å². The molecule has 2 rings (SSSR count). The molecule has 4 heteroatoms. The van der Waals surface area contributed by atoms with Gasteiger partial charge in [0.1, 0.15) is 5.75 Å². The maximum Gasteiger partial charge on any atom is 0.123 e. The van der Waals surface area contributed by atoms with Crippen LogP contribution in [-0.2, 0) is 13.1 Å². The fraction of sp³-hybridized carbons (Fsp3) is 0.375. The van der Waals surface area contributed by atoms with Crippen LogP contribution in [0.4, 0.5) is 0 Å². The molecular formula is C16H21BrN2O. The second-order valence-corrected chi connectivity index (χ2v) is 5.68. The van der Waals surface area contributed by atoms with Crippen molar-refractivity contribution in [3.05, 3.63) is 52.3 Å². The zero-order valence-electron chi connectivity index (χ0n) is 12.0. The summed E-state index contributed by atoms with van der Waals surface area (Å²) < 4.78 is 8.77. The molecule has 1 aromatic heterocycles. The van der Waals surface area contributed by atoms with Crippen molar-refractivity contribution in [2.24, 2.45) is 0 Å². The summed E-state index contributed by atoms with van der Waals surface area (Å²) in [5.74, 6) is 0.925. The molecule has 2 aromatic rings. The van der Waals surface area contributed by atoms with Crippen molar-refractivity contribution in [3.8, 4) is 5.75 Å². The number of methoxy groups -OCH3 is 1. The van der Waals surface area contributed by atoms with Gasteiger partial charge in [-0.1, -0.05) is 22.9 Å². The first-order valence-electron chi connectivity index (χ1n) is 6.91. The summed E-state index contributed by atoms with van der Waals surface area (Å²) in [7, 11) is 1.71. The van der Waals surface area contributed by atoms with Gasteiger partial charge in [0.15, 0.2) is 0 Å². The molecule has 0 unspecified atom stereocenters. The van der Waals surface area contributed by atoms with E-state index in [0.29, 0.717) is 0 Å². The molecule has 0 fully saturated rings. The minimum Gasteiger partial charge on any atom is -0.496 e. The van der Waals surface area contributed by atoms with Crippen molar-refractivity contribution < 1.29 is 4.74 Å². The van der Waals surface area contributed by atoms with Crippen molar-refractivity contribution in [1.29, 1.82) is 0 Å². The standard InChI is InChI=1S/C16H21BrN2O/c1-3-8-18-11-15-5-4-9-19(15)12-13-10-14(17)6-7-16(13)20-2/h4-7,9-10,18H,3,8,11-12H2,1-2H3. The van der Waals surface area contributed by atoms with Gasteiger partial charge in [-0.2, -0.15) is 0 Å². The van der Waals surface area contributed by atoms with E-state index in [1.54, 1.807) is 7.11 Å². The monoisotopic (exact) mass is 336 g/mol. The van der Waals surface area contributed by atoms with Gasteiger partial charge in [0, 0.05) is 28.5 Å². The number of hydrogen-bond donors (Lipinski definition) is 1. The van der Waals surface area contributed by atoms with Gasteiger partial charge in [-0.15, -0.1) is 0 Å². The molecule has 0 atom stereocenters. The van der Waals surface area contributed by atoms with E-state index in [4.69, 9.17) is 4.74 Å². The molecule has 0 radical (unpaired) electrons. The molecule has 0 aliphatic rings. The van der Waals surface area contributed by atoms with Crippen LogP contribution in [0.5, 0.6) is 5.75 Å². The van der Waals surface area contributed by atoms with Gasteiger partial charge in [-0.25, -0.2) is 0 Å². The highest BCUT2D eigenvalue weighted by Gasteiger charge is 2.07. The van der Waals surface area contributed by atoms with Crippen molar-refractivity contribution in [1.82, 2.24) is 9.88 Å². The lowest BCUT2D eigenvalue weighted by Crippen LogP contribution is -2.17. The first kappa shape index (κ1) is 15.1. The van der Waals surface area contributed by atoms with Crippen LogP contribution >= 0.6 is 15.9 Å². The maximum absolute atomic E-state index is 5.44. The van der Waals surface area contributed by atoms with E-state index in [1.165, 1.54) is 11.3 Å². The van der Waals surface area contributed by atoms with Crippen LogP contribution in [0.1, 0.15) is 24.6 Å². The summed E-state index contributed by atoms with van der Waals surface area (Å²) in [6, 6.07) is 10.4. The third-order valence-electron chi connectivity index (χ3n) is 3.24. The van der Waals surface area contributed by atoms with E-state index in [0.717, 1.165) is 36.3 Å². The average molecular weight is 337 g/mol. The van der Waals surface area contributed by atoms with E-state index < -0.39 is 0 Å². The molecule has 0 aliphatic carbocycles. The molecular weight excluding hydrogens is 316 g/mol. The molecule has 0 aliphatic heterocycles. The Morgan fingerprint density at radius 3 is 2.90 bits per heavy atom. The lowest BCUT2D eigenvalue weighted by molar-refractivity contribution is 0.408. The van der Waals surface area contributed by atoms with E-state index in [9.17, 15) is 0 Å². The fourth-order valence-electron chi connectivity index (χ4n) is 2.21. The van der Waals surface area contributed by atoms with E-state index in [1.807, 2.05) is 12.1 Å². The van der Waals surface area contributed by atoms with Gasteiger partial charge in [0.05, 0.1) is 13.7 Å². The number of benzene rings is 1. The van der Waals surface area contributed by atoms with Crippen LogP contribution in [0.2, 0.25) is 0 Å². The molecule has 0 amide bonds. The van der Waals surface area contributed by atoms with Gasteiger partial charge in [-0.05, 0) is 43.3 Å². The Morgan fingerprint density at radius 1 is 1.30 bits per heavy atom. The Labute approximate surface area is 129 Å². The third kappa shape index (κ3) is 3.87. The van der Waals surface area contributed by atoms with Crippen molar-refractivity contribution in [2.75, 3.05) is 13.7 Å². The Morgan fingerprint density at radius 2 is 2.15 bits per heavy atom. The predicted molar refractivity (Wildman–Crippen MR) is 86.2 cm³/mol. The molecule has 1 N–H and O–H groups in total. The second kappa shape index (κ2) is 7.50. The maximum atomic E-state index is 5.44. The number of hydrogen-bond acceptors (Lipinski definition) is 2. The SMILES string of the molecule is CCCNCc1cccn1Cc1cc(Br)ccc1OC. The number of rotatable bonds is 7. The Balaban J connectivity index is 2.14. The third-order valence-corrected chi connectivity index (χ3v) is 3.73.